The molecule has 0 saturated carbocycles. The highest BCUT2D eigenvalue weighted by atomic mass is 19.1. The molecule has 0 spiro atoms. The summed E-state index contributed by atoms with van der Waals surface area (Å²) >= 11 is 0. The topological polar surface area (TPSA) is 77.8 Å². The van der Waals surface area contributed by atoms with E-state index in [1.165, 1.54) is 42.7 Å². The molecule has 0 bridgehead atoms. The summed E-state index contributed by atoms with van der Waals surface area (Å²) in [6.07, 6.45) is 1.18. The van der Waals surface area contributed by atoms with Gasteiger partial charge in [0, 0.05) is 12.1 Å². The summed E-state index contributed by atoms with van der Waals surface area (Å²) in [5.41, 5.74) is -0.0714. The summed E-state index contributed by atoms with van der Waals surface area (Å²) in [5, 5.41) is 3.02. The van der Waals surface area contributed by atoms with E-state index in [1.54, 1.807) is 6.07 Å². The van der Waals surface area contributed by atoms with Crippen LogP contribution in [0.5, 0.6) is 17.2 Å². The third-order valence-electron chi connectivity index (χ3n) is 3.58. The Labute approximate surface area is 154 Å². The van der Waals surface area contributed by atoms with Crippen LogP contribution in [-0.4, -0.2) is 18.6 Å². The zero-order valence-electron chi connectivity index (χ0n) is 14.8. The Morgan fingerprint density at radius 1 is 1.15 bits per heavy atom. The van der Waals surface area contributed by atoms with Gasteiger partial charge in [-0.1, -0.05) is 0 Å². The Balaban J connectivity index is 1.77. The van der Waals surface area contributed by atoms with Crippen LogP contribution in [0.25, 0.3) is 11.0 Å². The van der Waals surface area contributed by atoms with Gasteiger partial charge in [-0.25, -0.2) is 4.39 Å². The molecule has 27 heavy (non-hydrogen) atoms. The van der Waals surface area contributed by atoms with Crippen LogP contribution < -0.4 is 20.2 Å². The summed E-state index contributed by atoms with van der Waals surface area (Å²) in [4.78, 5) is 24.2. The molecule has 2 aromatic carbocycles. The van der Waals surface area contributed by atoms with Crippen molar-refractivity contribution in [3.8, 4) is 17.2 Å². The Hall–Kier alpha value is -3.35. The van der Waals surface area contributed by atoms with Gasteiger partial charge in [0.15, 0.2) is 6.61 Å². The molecular weight excluding hydrogens is 353 g/mol. The molecule has 0 atom stereocenters. The third-order valence-corrected chi connectivity index (χ3v) is 3.58. The molecule has 0 saturated heterocycles. The molecule has 0 unspecified atom stereocenters. The number of rotatable bonds is 6. The molecule has 0 aliphatic heterocycles. The van der Waals surface area contributed by atoms with Crippen molar-refractivity contribution in [3.63, 3.8) is 0 Å². The van der Waals surface area contributed by atoms with E-state index in [2.05, 4.69) is 5.32 Å². The SMILES string of the molecule is CC(C)NC(=O)COc1ccc2c(=O)c(Oc3ccc(F)cc3)coc2c1. The molecule has 3 aromatic rings. The predicted octanol–water partition coefficient (Wildman–Crippen LogP) is 3.63. The van der Waals surface area contributed by atoms with Gasteiger partial charge >= 0.3 is 0 Å². The highest BCUT2D eigenvalue weighted by Crippen LogP contribution is 2.24. The summed E-state index contributed by atoms with van der Waals surface area (Å²) in [7, 11) is 0. The Morgan fingerprint density at radius 3 is 2.56 bits per heavy atom. The monoisotopic (exact) mass is 371 g/mol. The molecule has 140 valence electrons. The first-order valence-corrected chi connectivity index (χ1v) is 8.33. The molecule has 0 aliphatic rings. The van der Waals surface area contributed by atoms with Crippen molar-refractivity contribution < 1.29 is 23.1 Å². The summed E-state index contributed by atoms with van der Waals surface area (Å²) < 4.78 is 29.3. The van der Waals surface area contributed by atoms with Crippen LogP contribution in [-0.2, 0) is 4.79 Å². The Bertz CT molecular complexity index is 1010. The van der Waals surface area contributed by atoms with Crippen LogP contribution in [0.4, 0.5) is 4.39 Å². The second-order valence-corrected chi connectivity index (χ2v) is 6.15. The minimum atomic E-state index is -0.400. The molecule has 6 nitrogen and oxygen atoms in total. The second kappa shape index (κ2) is 7.90. The zero-order chi connectivity index (χ0) is 19.4. The number of nitrogens with one attached hydrogen (secondary N) is 1. The molecule has 7 heteroatoms. The quantitative estimate of drug-likeness (QED) is 0.716. The first-order chi connectivity index (χ1) is 12.9. The van der Waals surface area contributed by atoms with Crippen LogP contribution in [0.15, 0.2) is 57.9 Å². The molecule has 0 radical (unpaired) electrons. The van der Waals surface area contributed by atoms with Crippen molar-refractivity contribution in [3.05, 3.63) is 64.8 Å². The molecule has 1 heterocycles. The number of hydrogen-bond donors (Lipinski definition) is 1. The number of benzene rings is 2. The minimum Gasteiger partial charge on any atom is -0.484 e. The van der Waals surface area contributed by atoms with Crippen molar-refractivity contribution in [1.82, 2.24) is 5.32 Å². The number of halogens is 1. The molecule has 1 amide bonds. The van der Waals surface area contributed by atoms with Crippen LogP contribution >= 0.6 is 0 Å². The van der Waals surface area contributed by atoms with Gasteiger partial charge in [-0.2, -0.15) is 0 Å². The second-order valence-electron chi connectivity index (χ2n) is 6.15. The average molecular weight is 371 g/mol. The van der Waals surface area contributed by atoms with Crippen LogP contribution in [0.1, 0.15) is 13.8 Å². The highest BCUT2D eigenvalue weighted by molar-refractivity contribution is 5.80. The van der Waals surface area contributed by atoms with Gasteiger partial charge in [0.05, 0.1) is 5.39 Å². The summed E-state index contributed by atoms with van der Waals surface area (Å²) in [6.45, 7) is 3.57. The Kier molecular flexibility index (Phi) is 5.40. The van der Waals surface area contributed by atoms with E-state index < -0.39 is 5.82 Å². The first kappa shape index (κ1) is 18.4. The molecule has 0 fully saturated rings. The maximum absolute atomic E-state index is 13.0. The number of carbonyl (C=O) groups excluding carboxylic acids is 1. The Morgan fingerprint density at radius 2 is 1.85 bits per heavy atom. The van der Waals surface area contributed by atoms with Gasteiger partial charge < -0.3 is 19.2 Å². The maximum atomic E-state index is 13.0. The van der Waals surface area contributed by atoms with E-state index in [0.29, 0.717) is 22.5 Å². The lowest BCUT2D eigenvalue weighted by Crippen LogP contribution is -2.34. The normalized spacial score (nSPS) is 10.8. The van der Waals surface area contributed by atoms with Crippen LogP contribution in [0.2, 0.25) is 0 Å². The fourth-order valence-corrected chi connectivity index (χ4v) is 2.39. The average Bonchev–Trinajstić information content (AvgIpc) is 2.63. The largest absolute Gasteiger partial charge is 0.484 e. The lowest BCUT2D eigenvalue weighted by Gasteiger charge is -2.10. The number of ether oxygens (including phenoxy) is 2. The lowest BCUT2D eigenvalue weighted by atomic mass is 10.2. The maximum Gasteiger partial charge on any atom is 0.258 e. The molecule has 3 rings (SSSR count). The number of fused-ring (bicyclic) bond motifs is 1. The van der Waals surface area contributed by atoms with E-state index in [9.17, 15) is 14.0 Å². The number of hydrogen-bond acceptors (Lipinski definition) is 5. The van der Waals surface area contributed by atoms with E-state index >= 15 is 0 Å². The van der Waals surface area contributed by atoms with Crippen LogP contribution in [0.3, 0.4) is 0 Å². The highest BCUT2D eigenvalue weighted by Gasteiger charge is 2.11. The van der Waals surface area contributed by atoms with Gasteiger partial charge in [0.1, 0.15) is 29.2 Å². The van der Waals surface area contributed by atoms with Crippen molar-refractivity contribution in [2.75, 3.05) is 6.61 Å². The minimum absolute atomic E-state index is 0.0147. The van der Waals surface area contributed by atoms with E-state index in [4.69, 9.17) is 13.9 Å². The van der Waals surface area contributed by atoms with Gasteiger partial charge in [0.2, 0.25) is 11.2 Å². The van der Waals surface area contributed by atoms with Gasteiger partial charge in [0.25, 0.3) is 5.91 Å². The fourth-order valence-electron chi connectivity index (χ4n) is 2.39. The van der Waals surface area contributed by atoms with Gasteiger partial charge in [-0.05, 0) is 50.2 Å². The first-order valence-electron chi connectivity index (χ1n) is 8.33. The smallest absolute Gasteiger partial charge is 0.258 e. The number of carbonyl (C=O) groups is 1. The lowest BCUT2D eigenvalue weighted by molar-refractivity contribution is -0.123. The van der Waals surface area contributed by atoms with Crippen molar-refractivity contribution in [1.29, 1.82) is 0 Å². The molecule has 0 aliphatic carbocycles. The van der Waals surface area contributed by atoms with Crippen molar-refractivity contribution in [2.45, 2.75) is 19.9 Å². The fraction of sp³-hybridized carbons (Fsp3) is 0.200. The molecule has 1 N–H and O–H groups in total. The summed E-state index contributed by atoms with van der Waals surface area (Å²) in [6, 6.07) is 9.96. The summed E-state index contributed by atoms with van der Waals surface area (Å²) in [5.74, 6) is 0.0621. The van der Waals surface area contributed by atoms with Gasteiger partial charge in [-0.15, -0.1) is 0 Å². The standard InChI is InChI=1S/C20H18FNO5/c1-12(2)22-19(23)11-25-15-7-8-16-17(9-15)26-10-18(20(16)24)27-14-5-3-13(21)4-6-14/h3-10,12H,11H2,1-2H3,(H,22,23). The van der Waals surface area contributed by atoms with Crippen molar-refractivity contribution >= 4 is 16.9 Å². The van der Waals surface area contributed by atoms with Crippen LogP contribution in [0, 0.1) is 5.82 Å². The molecular formula is C20H18FNO5. The zero-order valence-corrected chi connectivity index (χ0v) is 14.8. The van der Waals surface area contributed by atoms with E-state index in [-0.39, 0.29) is 29.7 Å². The van der Waals surface area contributed by atoms with E-state index in [1.807, 2.05) is 13.8 Å². The number of amides is 1. The predicted molar refractivity (Wildman–Crippen MR) is 97.7 cm³/mol. The van der Waals surface area contributed by atoms with Crippen molar-refractivity contribution in [2.24, 2.45) is 0 Å². The van der Waals surface area contributed by atoms with E-state index in [0.717, 1.165) is 0 Å². The molecule has 1 aromatic heterocycles. The third kappa shape index (κ3) is 4.63. The van der Waals surface area contributed by atoms with Gasteiger partial charge in [-0.3, -0.25) is 9.59 Å².